The molecule has 0 saturated carbocycles. The molecule has 29 heavy (non-hydrogen) atoms. The first-order chi connectivity index (χ1) is 13.5. The Kier molecular flexibility index (Phi) is 6.73. The second-order valence-electron chi connectivity index (χ2n) is 8.52. The van der Waals surface area contributed by atoms with Crippen LogP contribution in [0.25, 0.3) is 11.3 Å². The second-order valence-corrected chi connectivity index (χ2v) is 8.52. The Morgan fingerprint density at radius 1 is 1.10 bits per heavy atom. The highest BCUT2D eigenvalue weighted by Gasteiger charge is 2.33. The standard InChI is InChI=1S/C23H29N5.ClH/c1-23(2)17-27(12-10-21(23)24)15-20-16-28(14-18-7-4-3-5-8-18)26-22(20)19-9-6-11-25-13-19;/h3-9,11,13,16,21H,10,12,14-15,17,24H2,1-2H3;1H. The molecule has 3 heterocycles. The van der Waals surface area contributed by atoms with Gasteiger partial charge in [-0.05, 0) is 29.5 Å². The first-order valence-electron chi connectivity index (χ1n) is 10.00. The molecule has 6 heteroatoms. The minimum Gasteiger partial charge on any atom is -0.327 e. The maximum absolute atomic E-state index is 6.33. The maximum atomic E-state index is 6.33. The molecular weight excluding hydrogens is 382 g/mol. The number of halogens is 1. The van der Waals surface area contributed by atoms with E-state index >= 15 is 0 Å². The number of hydrogen-bond acceptors (Lipinski definition) is 4. The third-order valence-electron chi connectivity index (χ3n) is 5.75. The van der Waals surface area contributed by atoms with Crippen molar-refractivity contribution in [2.24, 2.45) is 11.1 Å². The highest BCUT2D eigenvalue weighted by molar-refractivity contribution is 5.85. The zero-order chi connectivity index (χ0) is 19.6. The highest BCUT2D eigenvalue weighted by Crippen LogP contribution is 2.30. The molecule has 0 aliphatic carbocycles. The minimum atomic E-state index is 0. The van der Waals surface area contributed by atoms with Crippen LogP contribution in [0, 0.1) is 5.41 Å². The molecule has 0 bridgehead atoms. The number of hydrogen-bond donors (Lipinski definition) is 1. The van der Waals surface area contributed by atoms with Gasteiger partial charge in [0.1, 0.15) is 0 Å². The molecule has 154 valence electrons. The molecule has 1 aliphatic rings. The van der Waals surface area contributed by atoms with E-state index in [1.54, 1.807) is 6.20 Å². The fourth-order valence-corrected chi connectivity index (χ4v) is 4.04. The second kappa shape index (κ2) is 9.08. The summed E-state index contributed by atoms with van der Waals surface area (Å²) < 4.78 is 2.05. The van der Waals surface area contributed by atoms with Crippen LogP contribution in [0.4, 0.5) is 0 Å². The lowest BCUT2D eigenvalue weighted by Crippen LogP contribution is -2.52. The Bertz CT molecular complexity index is 908. The third-order valence-corrected chi connectivity index (χ3v) is 5.75. The van der Waals surface area contributed by atoms with Gasteiger partial charge in [-0.3, -0.25) is 14.6 Å². The van der Waals surface area contributed by atoms with E-state index in [0.29, 0.717) is 0 Å². The summed E-state index contributed by atoms with van der Waals surface area (Å²) in [5, 5.41) is 4.92. The van der Waals surface area contributed by atoms with E-state index in [2.05, 4.69) is 60.3 Å². The Morgan fingerprint density at radius 2 is 1.90 bits per heavy atom. The number of pyridine rings is 1. The SMILES string of the molecule is CC1(C)CN(Cc2cn(Cc3ccccc3)nc2-c2cccnc2)CCC1N.Cl. The summed E-state index contributed by atoms with van der Waals surface area (Å²) in [4.78, 5) is 6.80. The van der Waals surface area contributed by atoms with Crippen molar-refractivity contribution in [3.63, 3.8) is 0 Å². The number of nitrogens with two attached hydrogens (primary N) is 1. The zero-order valence-electron chi connectivity index (χ0n) is 17.2. The fraction of sp³-hybridized carbons (Fsp3) is 0.391. The Balaban J connectivity index is 0.00000240. The van der Waals surface area contributed by atoms with Gasteiger partial charge in [-0.25, -0.2) is 0 Å². The summed E-state index contributed by atoms with van der Waals surface area (Å²) in [6.07, 6.45) is 6.93. The molecule has 4 rings (SSSR count). The van der Waals surface area contributed by atoms with Crippen molar-refractivity contribution >= 4 is 12.4 Å². The summed E-state index contributed by atoms with van der Waals surface area (Å²) in [5.41, 5.74) is 11.0. The molecule has 3 aromatic rings. The van der Waals surface area contributed by atoms with E-state index in [1.165, 1.54) is 11.1 Å². The van der Waals surface area contributed by atoms with Crippen molar-refractivity contribution in [1.82, 2.24) is 19.7 Å². The summed E-state index contributed by atoms with van der Waals surface area (Å²) in [6, 6.07) is 14.8. The van der Waals surface area contributed by atoms with Crippen LogP contribution in [0.15, 0.2) is 61.1 Å². The average Bonchev–Trinajstić information content (AvgIpc) is 3.08. The van der Waals surface area contributed by atoms with E-state index < -0.39 is 0 Å². The first kappa shape index (κ1) is 21.5. The van der Waals surface area contributed by atoms with Gasteiger partial charge in [-0.2, -0.15) is 5.10 Å². The van der Waals surface area contributed by atoms with Gasteiger partial charge >= 0.3 is 0 Å². The van der Waals surface area contributed by atoms with Crippen molar-refractivity contribution in [3.05, 3.63) is 72.2 Å². The van der Waals surface area contributed by atoms with Crippen LogP contribution in [-0.4, -0.2) is 38.8 Å². The fourth-order valence-electron chi connectivity index (χ4n) is 4.04. The van der Waals surface area contributed by atoms with Gasteiger partial charge in [0.15, 0.2) is 0 Å². The molecule has 1 unspecified atom stereocenters. The molecule has 1 aromatic carbocycles. The first-order valence-corrected chi connectivity index (χ1v) is 10.00. The summed E-state index contributed by atoms with van der Waals surface area (Å²) in [5.74, 6) is 0. The monoisotopic (exact) mass is 411 g/mol. The average molecular weight is 412 g/mol. The van der Waals surface area contributed by atoms with Crippen LogP contribution in [-0.2, 0) is 13.1 Å². The van der Waals surface area contributed by atoms with Crippen LogP contribution in [0.5, 0.6) is 0 Å². The van der Waals surface area contributed by atoms with E-state index in [-0.39, 0.29) is 23.9 Å². The third kappa shape index (κ3) is 5.04. The zero-order valence-corrected chi connectivity index (χ0v) is 18.0. The molecule has 2 N–H and O–H groups in total. The quantitative estimate of drug-likeness (QED) is 0.689. The molecule has 0 amide bonds. The van der Waals surface area contributed by atoms with Gasteiger partial charge in [0.25, 0.3) is 0 Å². The number of benzene rings is 1. The Labute approximate surface area is 179 Å². The molecular formula is C23H30ClN5. The van der Waals surface area contributed by atoms with Crippen molar-refractivity contribution in [1.29, 1.82) is 0 Å². The van der Waals surface area contributed by atoms with Crippen LogP contribution < -0.4 is 5.73 Å². The number of nitrogens with zero attached hydrogens (tertiary/aromatic N) is 4. The van der Waals surface area contributed by atoms with E-state index in [4.69, 9.17) is 10.8 Å². The number of likely N-dealkylation sites (tertiary alicyclic amines) is 1. The van der Waals surface area contributed by atoms with Gasteiger partial charge in [0.05, 0.1) is 12.2 Å². The van der Waals surface area contributed by atoms with Crippen LogP contribution >= 0.6 is 12.4 Å². The van der Waals surface area contributed by atoms with E-state index in [9.17, 15) is 0 Å². The lowest BCUT2D eigenvalue weighted by molar-refractivity contribution is 0.0900. The molecule has 5 nitrogen and oxygen atoms in total. The summed E-state index contributed by atoms with van der Waals surface area (Å²) in [7, 11) is 0. The summed E-state index contributed by atoms with van der Waals surface area (Å²) in [6.45, 7) is 8.22. The smallest absolute Gasteiger partial charge is 0.0983 e. The van der Waals surface area contributed by atoms with E-state index in [0.717, 1.165) is 43.9 Å². The lowest BCUT2D eigenvalue weighted by Gasteiger charge is -2.42. The number of aromatic nitrogens is 3. The Hall–Kier alpha value is -2.21. The van der Waals surface area contributed by atoms with Crippen LogP contribution in [0.3, 0.4) is 0 Å². The molecule has 1 saturated heterocycles. The summed E-state index contributed by atoms with van der Waals surface area (Å²) >= 11 is 0. The number of piperidine rings is 1. The predicted molar refractivity (Wildman–Crippen MR) is 120 cm³/mol. The minimum absolute atomic E-state index is 0. The topological polar surface area (TPSA) is 60.0 Å². The molecule has 0 radical (unpaired) electrons. The lowest BCUT2D eigenvalue weighted by atomic mass is 9.79. The highest BCUT2D eigenvalue weighted by atomic mass is 35.5. The largest absolute Gasteiger partial charge is 0.327 e. The van der Waals surface area contributed by atoms with Crippen molar-refractivity contribution in [3.8, 4) is 11.3 Å². The van der Waals surface area contributed by atoms with Crippen LogP contribution in [0.2, 0.25) is 0 Å². The molecule has 1 fully saturated rings. The molecule has 1 aliphatic heterocycles. The molecule has 2 aromatic heterocycles. The van der Waals surface area contributed by atoms with Crippen molar-refractivity contribution < 1.29 is 0 Å². The van der Waals surface area contributed by atoms with Gasteiger partial charge in [0.2, 0.25) is 0 Å². The van der Waals surface area contributed by atoms with E-state index in [1.807, 2.05) is 23.0 Å². The molecule has 0 spiro atoms. The Morgan fingerprint density at radius 3 is 2.59 bits per heavy atom. The van der Waals surface area contributed by atoms with Gasteiger partial charge in [-0.15, -0.1) is 12.4 Å². The maximum Gasteiger partial charge on any atom is 0.0983 e. The van der Waals surface area contributed by atoms with Crippen molar-refractivity contribution in [2.75, 3.05) is 13.1 Å². The predicted octanol–water partition coefficient (Wildman–Crippen LogP) is 3.97. The number of rotatable bonds is 5. The van der Waals surface area contributed by atoms with Gasteiger partial charge < -0.3 is 5.73 Å². The molecule has 1 atom stereocenters. The van der Waals surface area contributed by atoms with Gasteiger partial charge in [0, 0.05) is 55.4 Å². The van der Waals surface area contributed by atoms with Gasteiger partial charge in [-0.1, -0.05) is 44.2 Å². The van der Waals surface area contributed by atoms with Crippen LogP contribution in [0.1, 0.15) is 31.4 Å². The normalized spacial score (nSPS) is 18.9. The van der Waals surface area contributed by atoms with Crippen molar-refractivity contribution in [2.45, 2.75) is 39.4 Å².